The number of hydrogen-bond donors (Lipinski definition) is 1. The van der Waals surface area contributed by atoms with E-state index in [0.717, 1.165) is 0 Å². The van der Waals surface area contributed by atoms with E-state index in [-0.39, 0.29) is 22.0 Å². The van der Waals surface area contributed by atoms with Crippen molar-refractivity contribution < 1.29 is 14.5 Å². The van der Waals surface area contributed by atoms with Gasteiger partial charge in [-0.25, -0.2) is 0 Å². The van der Waals surface area contributed by atoms with Gasteiger partial charge in [-0.2, -0.15) is 0 Å². The molecule has 2 aromatic carbocycles. The van der Waals surface area contributed by atoms with Gasteiger partial charge in [-0.3, -0.25) is 14.9 Å². The van der Waals surface area contributed by atoms with E-state index in [4.69, 9.17) is 27.9 Å². The number of hydrogen-bond acceptors (Lipinski definition) is 5. The number of nitro groups is 1. The number of rotatable bonds is 4. The van der Waals surface area contributed by atoms with E-state index in [0.29, 0.717) is 37.0 Å². The average Bonchev–Trinajstić information content (AvgIpc) is 2.64. The molecule has 1 aliphatic rings. The van der Waals surface area contributed by atoms with Crippen molar-refractivity contribution in [3.8, 4) is 0 Å². The van der Waals surface area contributed by atoms with Gasteiger partial charge in [0, 0.05) is 19.2 Å². The van der Waals surface area contributed by atoms with E-state index in [1.54, 1.807) is 24.3 Å². The SMILES string of the molecule is O=C(Nc1cc(N2CCOCC2)c([N+](=O)[O-])cc1Cl)c1ccccc1Cl. The fourth-order valence-electron chi connectivity index (χ4n) is 2.69. The lowest BCUT2D eigenvalue weighted by Gasteiger charge is -2.29. The number of nitrogens with one attached hydrogen (secondary N) is 1. The molecule has 1 amide bonds. The van der Waals surface area contributed by atoms with Gasteiger partial charge in [0.05, 0.1) is 39.4 Å². The van der Waals surface area contributed by atoms with Crippen LogP contribution in [0.3, 0.4) is 0 Å². The first-order chi connectivity index (χ1) is 12.5. The summed E-state index contributed by atoms with van der Waals surface area (Å²) in [5, 5.41) is 14.5. The van der Waals surface area contributed by atoms with Crippen LogP contribution in [0, 0.1) is 10.1 Å². The molecule has 3 rings (SSSR count). The summed E-state index contributed by atoms with van der Waals surface area (Å²) in [5.41, 5.74) is 0.838. The van der Waals surface area contributed by atoms with Crippen LogP contribution in [0.4, 0.5) is 17.1 Å². The molecule has 0 radical (unpaired) electrons. The van der Waals surface area contributed by atoms with Crippen LogP contribution in [-0.4, -0.2) is 37.1 Å². The molecule has 1 N–H and O–H groups in total. The molecule has 0 aromatic heterocycles. The molecule has 0 bridgehead atoms. The Morgan fingerprint density at radius 1 is 1.15 bits per heavy atom. The van der Waals surface area contributed by atoms with E-state index >= 15 is 0 Å². The molecule has 26 heavy (non-hydrogen) atoms. The third-order valence-electron chi connectivity index (χ3n) is 3.98. The van der Waals surface area contributed by atoms with E-state index in [9.17, 15) is 14.9 Å². The standard InChI is InChI=1S/C17H15Cl2N3O4/c18-12-4-2-1-3-11(12)17(23)20-14-10-15(21-5-7-26-8-6-21)16(22(24)25)9-13(14)19/h1-4,9-10H,5-8H2,(H,20,23). The predicted octanol–water partition coefficient (Wildman–Crippen LogP) is 3.99. The van der Waals surface area contributed by atoms with Gasteiger partial charge in [-0.1, -0.05) is 35.3 Å². The van der Waals surface area contributed by atoms with Gasteiger partial charge in [-0.15, -0.1) is 0 Å². The van der Waals surface area contributed by atoms with Crippen LogP contribution in [-0.2, 0) is 4.74 Å². The number of morpholine rings is 1. The Morgan fingerprint density at radius 3 is 2.50 bits per heavy atom. The first-order valence-electron chi connectivity index (χ1n) is 7.84. The lowest BCUT2D eigenvalue weighted by Crippen LogP contribution is -2.36. The highest BCUT2D eigenvalue weighted by atomic mass is 35.5. The molecule has 2 aromatic rings. The topological polar surface area (TPSA) is 84.7 Å². The molecular formula is C17H15Cl2N3O4. The van der Waals surface area contributed by atoms with Crippen LogP contribution < -0.4 is 10.2 Å². The summed E-state index contributed by atoms with van der Waals surface area (Å²) >= 11 is 12.2. The molecule has 1 fully saturated rings. The second-order valence-electron chi connectivity index (χ2n) is 5.61. The Morgan fingerprint density at radius 2 is 1.85 bits per heavy atom. The zero-order valence-electron chi connectivity index (χ0n) is 13.6. The van der Waals surface area contributed by atoms with E-state index in [1.165, 1.54) is 12.1 Å². The van der Waals surface area contributed by atoms with Crippen molar-refractivity contribution in [1.82, 2.24) is 0 Å². The van der Waals surface area contributed by atoms with Gasteiger partial charge < -0.3 is 15.0 Å². The monoisotopic (exact) mass is 395 g/mol. The van der Waals surface area contributed by atoms with E-state index in [1.807, 2.05) is 4.90 Å². The van der Waals surface area contributed by atoms with Gasteiger partial charge in [0.15, 0.2) is 0 Å². The molecule has 0 spiro atoms. The second kappa shape index (κ2) is 7.90. The lowest BCUT2D eigenvalue weighted by molar-refractivity contribution is -0.384. The summed E-state index contributed by atoms with van der Waals surface area (Å²) in [7, 11) is 0. The van der Waals surface area contributed by atoms with Gasteiger partial charge in [0.1, 0.15) is 5.69 Å². The summed E-state index contributed by atoms with van der Waals surface area (Å²) in [6.07, 6.45) is 0. The predicted molar refractivity (Wildman–Crippen MR) is 101 cm³/mol. The summed E-state index contributed by atoms with van der Waals surface area (Å²) < 4.78 is 5.29. The van der Waals surface area contributed by atoms with Gasteiger partial charge in [0.25, 0.3) is 11.6 Å². The van der Waals surface area contributed by atoms with Crippen molar-refractivity contribution in [3.63, 3.8) is 0 Å². The number of halogens is 2. The van der Waals surface area contributed by atoms with Gasteiger partial charge >= 0.3 is 0 Å². The Balaban J connectivity index is 1.95. The molecule has 1 saturated heterocycles. The molecule has 0 aliphatic carbocycles. The zero-order valence-corrected chi connectivity index (χ0v) is 15.1. The van der Waals surface area contributed by atoms with Crippen LogP contribution in [0.5, 0.6) is 0 Å². The number of anilines is 2. The molecule has 136 valence electrons. The largest absolute Gasteiger partial charge is 0.378 e. The number of carbonyl (C=O) groups excluding carboxylic acids is 1. The Kier molecular flexibility index (Phi) is 5.61. The minimum Gasteiger partial charge on any atom is -0.378 e. The quantitative estimate of drug-likeness (QED) is 0.624. The molecule has 9 heteroatoms. The molecule has 0 unspecified atom stereocenters. The molecular weight excluding hydrogens is 381 g/mol. The highest BCUT2D eigenvalue weighted by Crippen LogP contribution is 2.37. The Bertz CT molecular complexity index is 854. The van der Waals surface area contributed by atoms with Crippen molar-refractivity contribution in [2.45, 2.75) is 0 Å². The Hall–Kier alpha value is -2.35. The summed E-state index contributed by atoms with van der Waals surface area (Å²) in [6.45, 7) is 1.98. The number of nitrogens with zero attached hydrogens (tertiary/aromatic N) is 2. The number of nitro benzene ring substituents is 1. The van der Waals surface area contributed by atoms with Crippen LogP contribution in [0.15, 0.2) is 36.4 Å². The summed E-state index contributed by atoms with van der Waals surface area (Å²) in [5.74, 6) is -0.445. The highest BCUT2D eigenvalue weighted by Gasteiger charge is 2.24. The maximum Gasteiger partial charge on any atom is 0.294 e. The van der Waals surface area contributed by atoms with Crippen molar-refractivity contribution in [1.29, 1.82) is 0 Å². The summed E-state index contributed by atoms with van der Waals surface area (Å²) in [6, 6.07) is 9.36. The number of carbonyl (C=O) groups is 1. The van der Waals surface area contributed by atoms with Crippen LogP contribution >= 0.6 is 23.2 Å². The lowest BCUT2D eigenvalue weighted by atomic mass is 10.1. The van der Waals surface area contributed by atoms with Crippen molar-refractivity contribution in [2.75, 3.05) is 36.5 Å². The maximum atomic E-state index is 12.5. The third-order valence-corrected chi connectivity index (χ3v) is 4.62. The number of ether oxygens (including phenoxy) is 1. The van der Waals surface area contributed by atoms with Crippen molar-refractivity contribution in [3.05, 3.63) is 62.1 Å². The molecule has 7 nitrogen and oxygen atoms in total. The van der Waals surface area contributed by atoms with Crippen LogP contribution in [0.25, 0.3) is 0 Å². The molecule has 1 aliphatic heterocycles. The first-order valence-corrected chi connectivity index (χ1v) is 8.59. The average molecular weight is 396 g/mol. The molecule has 1 heterocycles. The smallest absolute Gasteiger partial charge is 0.294 e. The van der Waals surface area contributed by atoms with Crippen molar-refractivity contribution >= 4 is 46.2 Å². The number of benzene rings is 2. The van der Waals surface area contributed by atoms with Gasteiger partial charge in [0.2, 0.25) is 0 Å². The second-order valence-corrected chi connectivity index (χ2v) is 6.43. The first kappa shape index (κ1) is 18.4. The fourth-order valence-corrected chi connectivity index (χ4v) is 3.11. The minimum absolute atomic E-state index is 0.0779. The Labute approximate surface area is 159 Å². The minimum atomic E-state index is -0.490. The van der Waals surface area contributed by atoms with E-state index < -0.39 is 10.8 Å². The normalized spacial score (nSPS) is 14.2. The zero-order chi connectivity index (χ0) is 18.7. The van der Waals surface area contributed by atoms with Crippen LogP contribution in [0.1, 0.15) is 10.4 Å². The fraction of sp³-hybridized carbons (Fsp3) is 0.235. The third kappa shape index (κ3) is 3.90. The summed E-state index contributed by atoms with van der Waals surface area (Å²) in [4.78, 5) is 25.2. The van der Waals surface area contributed by atoms with Crippen LogP contribution in [0.2, 0.25) is 10.0 Å². The molecule has 0 saturated carbocycles. The van der Waals surface area contributed by atoms with Gasteiger partial charge in [-0.05, 0) is 18.2 Å². The van der Waals surface area contributed by atoms with Crippen molar-refractivity contribution in [2.24, 2.45) is 0 Å². The maximum absolute atomic E-state index is 12.5. The number of amides is 1. The highest BCUT2D eigenvalue weighted by molar-refractivity contribution is 6.36. The molecule has 0 atom stereocenters. The van der Waals surface area contributed by atoms with E-state index in [2.05, 4.69) is 5.32 Å².